The van der Waals surface area contributed by atoms with Crippen molar-refractivity contribution in [3.05, 3.63) is 78.9 Å². The molecule has 7 nitrogen and oxygen atoms in total. The molecule has 3 aromatic carbocycles. The first-order valence-corrected chi connectivity index (χ1v) is 8.93. The topological polar surface area (TPSA) is 89.3 Å². The molecule has 0 atom stereocenters. The largest absolute Gasteiger partial charge is 0.495 e. The van der Waals surface area contributed by atoms with Crippen LogP contribution in [0.5, 0.6) is 5.75 Å². The summed E-state index contributed by atoms with van der Waals surface area (Å²) in [5.41, 5.74) is 2.72. The Kier molecular flexibility index (Phi) is 5.20. The Morgan fingerprint density at radius 1 is 0.828 bits per heavy atom. The normalized spacial score (nSPS) is 10.4. The number of methoxy groups -OCH3 is 1. The zero-order chi connectivity index (χ0) is 20.1. The monoisotopic (exact) mass is 386 g/mol. The average molecular weight is 386 g/mol. The van der Waals surface area contributed by atoms with Crippen molar-refractivity contribution >= 4 is 17.4 Å². The highest BCUT2D eigenvalue weighted by molar-refractivity contribution is 6.00. The third-order valence-electron chi connectivity index (χ3n) is 4.17. The number of ether oxygens (including phenoxy) is 1. The van der Waals surface area contributed by atoms with Crippen molar-refractivity contribution in [3.63, 3.8) is 0 Å². The van der Waals surface area contributed by atoms with E-state index in [4.69, 9.17) is 9.15 Å². The van der Waals surface area contributed by atoms with Gasteiger partial charge in [-0.2, -0.15) is 0 Å². The lowest BCUT2D eigenvalue weighted by Crippen LogP contribution is -2.19. The molecule has 2 amide bonds. The Bertz CT molecular complexity index is 1130. The van der Waals surface area contributed by atoms with Crippen LogP contribution in [-0.4, -0.2) is 23.3 Å². The summed E-state index contributed by atoms with van der Waals surface area (Å²) in [6, 6.07) is 23.5. The molecule has 0 aliphatic carbocycles. The highest BCUT2D eigenvalue weighted by atomic mass is 16.5. The predicted molar refractivity (Wildman–Crippen MR) is 111 cm³/mol. The molecule has 7 heteroatoms. The van der Waals surface area contributed by atoms with Crippen molar-refractivity contribution in [2.45, 2.75) is 0 Å². The van der Waals surface area contributed by atoms with Gasteiger partial charge < -0.3 is 19.8 Å². The molecule has 144 valence electrons. The van der Waals surface area contributed by atoms with Gasteiger partial charge in [0.1, 0.15) is 5.75 Å². The number of benzene rings is 3. The maximum absolute atomic E-state index is 12.4. The van der Waals surface area contributed by atoms with Crippen molar-refractivity contribution in [1.29, 1.82) is 0 Å². The van der Waals surface area contributed by atoms with E-state index in [1.807, 2.05) is 48.5 Å². The number of hydrogen-bond acceptors (Lipinski definition) is 5. The van der Waals surface area contributed by atoms with Gasteiger partial charge in [-0.1, -0.05) is 36.4 Å². The molecule has 1 heterocycles. The first kappa shape index (κ1) is 18.2. The molecule has 0 radical (unpaired) electrons. The molecule has 4 rings (SSSR count). The first-order valence-electron chi connectivity index (χ1n) is 8.93. The van der Waals surface area contributed by atoms with Crippen LogP contribution in [0.15, 0.2) is 83.3 Å². The molecule has 29 heavy (non-hydrogen) atoms. The lowest BCUT2D eigenvalue weighted by Gasteiger charge is -2.11. The smallest absolute Gasteiger partial charge is 0.323 e. The summed E-state index contributed by atoms with van der Waals surface area (Å²) in [5.74, 6) is 1.39. The number of para-hydroxylation sites is 2. The summed E-state index contributed by atoms with van der Waals surface area (Å²) in [6.45, 7) is 0. The van der Waals surface area contributed by atoms with E-state index in [1.54, 1.807) is 37.4 Å². The second kappa shape index (κ2) is 8.26. The molecule has 0 unspecified atom stereocenters. The number of carbonyl (C=O) groups excluding carboxylic acids is 1. The zero-order valence-electron chi connectivity index (χ0n) is 15.6. The van der Waals surface area contributed by atoms with Gasteiger partial charge in [0.05, 0.1) is 12.8 Å². The fourth-order valence-electron chi connectivity index (χ4n) is 2.80. The summed E-state index contributed by atoms with van der Waals surface area (Å²) in [6.07, 6.45) is 0. The van der Waals surface area contributed by atoms with Crippen molar-refractivity contribution in [2.75, 3.05) is 17.7 Å². The molecule has 1 aromatic heterocycles. The van der Waals surface area contributed by atoms with E-state index in [0.717, 1.165) is 5.56 Å². The number of nitrogens with zero attached hydrogens (tertiary/aromatic N) is 2. The first-order chi connectivity index (χ1) is 14.2. The second-order valence-electron chi connectivity index (χ2n) is 6.14. The molecular formula is C22H18N4O3. The van der Waals surface area contributed by atoms with Gasteiger partial charge in [-0.25, -0.2) is 4.79 Å². The van der Waals surface area contributed by atoms with E-state index in [9.17, 15) is 4.79 Å². The molecular weight excluding hydrogens is 368 g/mol. The summed E-state index contributed by atoms with van der Waals surface area (Å²) in [4.78, 5) is 12.4. The van der Waals surface area contributed by atoms with Gasteiger partial charge in [-0.3, -0.25) is 0 Å². The average Bonchev–Trinajstić information content (AvgIpc) is 3.25. The lowest BCUT2D eigenvalue weighted by atomic mass is 10.2. The van der Waals surface area contributed by atoms with Crippen LogP contribution >= 0.6 is 0 Å². The van der Waals surface area contributed by atoms with Crippen LogP contribution < -0.4 is 15.4 Å². The minimum absolute atomic E-state index is 0.373. The minimum Gasteiger partial charge on any atom is -0.495 e. The number of aromatic nitrogens is 2. The molecule has 0 saturated carbocycles. The van der Waals surface area contributed by atoms with Gasteiger partial charge in [0.25, 0.3) is 0 Å². The summed E-state index contributed by atoms with van der Waals surface area (Å²) >= 11 is 0. The van der Waals surface area contributed by atoms with Crippen LogP contribution in [0, 0.1) is 0 Å². The van der Waals surface area contributed by atoms with E-state index in [2.05, 4.69) is 20.8 Å². The number of anilines is 2. The van der Waals surface area contributed by atoms with Crippen molar-refractivity contribution in [1.82, 2.24) is 10.2 Å². The van der Waals surface area contributed by atoms with Crippen molar-refractivity contribution in [2.24, 2.45) is 0 Å². The predicted octanol–water partition coefficient (Wildman–Crippen LogP) is 5.06. The Balaban J connectivity index is 1.49. The third kappa shape index (κ3) is 4.24. The maximum Gasteiger partial charge on any atom is 0.323 e. The highest BCUT2D eigenvalue weighted by Crippen LogP contribution is 2.26. The molecule has 0 spiro atoms. The van der Waals surface area contributed by atoms with Gasteiger partial charge in [0, 0.05) is 16.8 Å². The Hall–Kier alpha value is -4.13. The van der Waals surface area contributed by atoms with Crippen LogP contribution in [0.2, 0.25) is 0 Å². The fourth-order valence-corrected chi connectivity index (χ4v) is 2.80. The number of rotatable bonds is 5. The quantitative estimate of drug-likeness (QED) is 0.501. The van der Waals surface area contributed by atoms with E-state index >= 15 is 0 Å². The maximum atomic E-state index is 12.4. The van der Waals surface area contributed by atoms with Gasteiger partial charge in [0.15, 0.2) is 0 Å². The Labute approximate surface area is 167 Å². The number of amides is 2. The van der Waals surface area contributed by atoms with Crippen LogP contribution in [0.1, 0.15) is 0 Å². The standard InChI is InChI=1S/C22H18N4O3/c1-28-19-13-6-5-12-18(19)24-22(27)23-17-11-7-10-16(14-17)21-26-25-20(29-21)15-8-3-2-4-9-15/h2-14H,1H3,(H2,23,24,27). The van der Waals surface area contributed by atoms with E-state index < -0.39 is 0 Å². The Morgan fingerprint density at radius 3 is 2.31 bits per heavy atom. The van der Waals surface area contributed by atoms with Gasteiger partial charge in [-0.05, 0) is 42.5 Å². The number of nitrogens with one attached hydrogen (secondary N) is 2. The van der Waals surface area contributed by atoms with Crippen LogP contribution in [0.3, 0.4) is 0 Å². The summed E-state index contributed by atoms with van der Waals surface area (Å²) in [7, 11) is 1.55. The molecule has 0 fully saturated rings. The molecule has 0 saturated heterocycles. The van der Waals surface area contributed by atoms with Gasteiger partial charge in [-0.15, -0.1) is 10.2 Å². The fraction of sp³-hybridized carbons (Fsp3) is 0.0455. The number of hydrogen-bond donors (Lipinski definition) is 2. The zero-order valence-corrected chi connectivity index (χ0v) is 15.6. The van der Waals surface area contributed by atoms with E-state index in [-0.39, 0.29) is 6.03 Å². The van der Waals surface area contributed by atoms with Crippen molar-refractivity contribution in [3.8, 4) is 28.7 Å². The molecule has 2 N–H and O–H groups in total. The SMILES string of the molecule is COc1ccccc1NC(=O)Nc1cccc(-c2nnc(-c3ccccc3)o2)c1. The van der Waals surface area contributed by atoms with Crippen molar-refractivity contribution < 1.29 is 13.9 Å². The van der Waals surface area contributed by atoms with E-state index in [0.29, 0.717) is 34.5 Å². The molecule has 4 aromatic rings. The summed E-state index contributed by atoms with van der Waals surface area (Å²) < 4.78 is 11.0. The molecule has 0 aliphatic heterocycles. The lowest BCUT2D eigenvalue weighted by molar-refractivity contribution is 0.262. The minimum atomic E-state index is -0.387. The molecule has 0 bridgehead atoms. The Morgan fingerprint density at radius 2 is 1.52 bits per heavy atom. The summed E-state index contributed by atoms with van der Waals surface area (Å²) in [5, 5.41) is 13.8. The van der Waals surface area contributed by atoms with Crippen LogP contribution in [0.4, 0.5) is 16.2 Å². The highest BCUT2D eigenvalue weighted by Gasteiger charge is 2.12. The number of carbonyl (C=O) groups is 1. The molecule has 0 aliphatic rings. The third-order valence-corrected chi connectivity index (χ3v) is 4.17. The van der Waals surface area contributed by atoms with E-state index in [1.165, 1.54) is 0 Å². The van der Waals surface area contributed by atoms with Crippen LogP contribution in [-0.2, 0) is 0 Å². The van der Waals surface area contributed by atoms with Gasteiger partial charge >= 0.3 is 6.03 Å². The second-order valence-corrected chi connectivity index (χ2v) is 6.14. The van der Waals surface area contributed by atoms with Crippen LogP contribution in [0.25, 0.3) is 22.9 Å². The van der Waals surface area contributed by atoms with Gasteiger partial charge in [0.2, 0.25) is 11.8 Å². The number of urea groups is 1.